The van der Waals surface area contributed by atoms with Crippen LogP contribution in [0.15, 0.2) is 180 Å². The predicted octanol–water partition coefficient (Wildman–Crippen LogP) is 9.25. The molecule has 0 bridgehead atoms. The summed E-state index contributed by atoms with van der Waals surface area (Å²) in [7, 11) is 0. The van der Waals surface area contributed by atoms with Gasteiger partial charge in [-0.3, -0.25) is 4.79 Å². The molecule has 0 aliphatic carbocycles. The average molecular weight is 587 g/mol. The monoisotopic (exact) mass is 586 g/mol. The van der Waals surface area contributed by atoms with Crippen LogP contribution in [0.5, 0.6) is 17.2 Å². The van der Waals surface area contributed by atoms with Crippen molar-refractivity contribution in [1.82, 2.24) is 0 Å². The number of aliphatic imine (C=N–C) groups is 1. The predicted molar refractivity (Wildman–Crippen MR) is 176 cm³/mol. The van der Waals surface area contributed by atoms with E-state index >= 15 is 0 Å². The number of anilines is 1. The van der Waals surface area contributed by atoms with E-state index < -0.39 is 0 Å². The number of carbonyl (C=O) groups is 1. The Balaban J connectivity index is 0.000000208. The highest BCUT2D eigenvalue weighted by atomic mass is 32.2. The van der Waals surface area contributed by atoms with Crippen molar-refractivity contribution >= 4 is 35.2 Å². The minimum absolute atomic E-state index is 0.225. The molecule has 5 aromatic carbocycles. The Morgan fingerprint density at radius 2 is 1.12 bits per heavy atom. The van der Waals surface area contributed by atoms with Crippen molar-refractivity contribution in [1.29, 1.82) is 0 Å². The van der Waals surface area contributed by atoms with Gasteiger partial charge in [0.25, 0.3) is 5.91 Å². The summed E-state index contributed by atoms with van der Waals surface area (Å²) < 4.78 is 16.7. The largest absolute Gasteiger partial charge is 0.465 e. The smallest absolute Gasteiger partial charge is 0.251 e. The van der Waals surface area contributed by atoms with Crippen LogP contribution < -0.4 is 19.0 Å². The second-order valence-corrected chi connectivity index (χ2v) is 9.22. The van der Waals surface area contributed by atoms with Crippen LogP contribution in [0.25, 0.3) is 0 Å². The summed E-state index contributed by atoms with van der Waals surface area (Å²) in [5.41, 5.74) is 1.58. The Kier molecular flexibility index (Phi) is 12.7. The van der Waals surface area contributed by atoms with E-state index in [1.54, 1.807) is 11.5 Å². The maximum absolute atomic E-state index is 11.5. The van der Waals surface area contributed by atoms with Gasteiger partial charge in [0.05, 0.1) is 24.0 Å². The zero-order chi connectivity index (χ0) is 29.8. The lowest BCUT2D eigenvalue weighted by molar-refractivity contribution is -0.112. The molecule has 6 nitrogen and oxygen atoms in total. The molecule has 0 saturated carbocycles. The van der Waals surface area contributed by atoms with Crippen LogP contribution in [-0.4, -0.2) is 11.8 Å². The summed E-state index contributed by atoms with van der Waals surface area (Å²) in [6.07, 6.45) is 4.50. The Hall–Kier alpha value is -5.53. The summed E-state index contributed by atoms with van der Waals surface area (Å²) in [6, 6.07) is 47.4. The second-order valence-electron chi connectivity index (χ2n) is 8.58. The van der Waals surface area contributed by atoms with E-state index in [1.165, 1.54) is 24.4 Å². The Labute approximate surface area is 256 Å². The van der Waals surface area contributed by atoms with Gasteiger partial charge in [0.15, 0.2) is 0 Å². The number of rotatable bonds is 10. The fourth-order valence-corrected chi connectivity index (χ4v) is 3.81. The lowest BCUT2D eigenvalue weighted by Crippen LogP contribution is -2.07. The molecule has 0 aliphatic heterocycles. The fraction of sp³-hybridized carbons (Fsp3) is 0. The summed E-state index contributed by atoms with van der Waals surface area (Å²) >= 11 is 1.21. The number of amides is 1. The number of hydrogen-bond donors (Lipinski definition) is 1. The molecule has 1 amide bonds. The lowest BCUT2D eigenvalue weighted by atomic mass is 10.3. The first kappa shape index (κ1) is 30.4. The van der Waals surface area contributed by atoms with Crippen molar-refractivity contribution in [2.75, 3.05) is 5.32 Å². The first-order chi connectivity index (χ1) is 21.2. The molecule has 5 aromatic rings. The third-order valence-electron chi connectivity index (χ3n) is 5.32. The third-order valence-corrected chi connectivity index (χ3v) is 5.86. The highest BCUT2D eigenvalue weighted by Crippen LogP contribution is 2.18. The molecule has 0 saturated heterocycles. The summed E-state index contributed by atoms with van der Waals surface area (Å²) in [5.74, 6) is 2.48. The van der Waals surface area contributed by atoms with Crippen molar-refractivity contribution in [3.8, 4) is 17.2 Å². The first-order valence-electron chi connectivity index (χ1n) is 13.4. The van der Waals surface area contributed by atoms with Gasteiger partial charge >= 0.3 is 0 Å². The van der Waals surface area contributed by atoms with E-state index in [2.05, 4.69) is 10.3 Å². The standard InChI is InChI=1S/C21H17NO2S.C15H13NO2/c1-4-10-18(11-5-1)22-21(23-19-12-6-2-7-13-19)16-17-25-24-20-14-8-3-9-15-20;17-15(16-13-7-3-1-4-8-13)11-12-18-14-9-5-2-6-10-14/h1-17H;1-12H,(H,16,17)/b17-16+,22-21?;12-11-. The number of nitrogens with zero attached hydrogens (tertiary/aromatic N) is 1. The van der Waals surface area contributed by atoms with Gasteiger partial charge in [-0.05, 0) is 60.7 Å². The van der Waals surface area contributed by atoms with Gasteiger partial charge in [-0.25, -0.2) is 4.99 Å². The highest BCUT2D eigenvalue weighted by Gasteiger charge is 2.00. The van der Waals surface area contributed by atoms with Crippen molar-refractivity contribution in [2.45, 2.75) is 0 Å². The first-order valence-corrected chi connectivity index (χ1v) is 14.2. The van der Waals surface area contributed by atoms with E-state index in [4.69, 9.17) is 13.7 Å². The lowest BCUT2D eigenvalue weighted by Gasteiger charge is -2.05. The third kappa shape index (κ3) is 12.3. The van der Waals surface area contributed by atoms with Gasteiger partial charge in [0, 0.05) is 23.2 Å². The second kappa shape index (κ2) is 18.0. The summed E-state index contributed by atoms with van der Waals surface area (Å²) in [5, 5.41) is 4.53. The molecule has 43 heavy (non-hydrogen) atoms. The van der Waals surface area contributed by atoms with Crippen molar-refractivity contribution < 1.29 is 18.5 Å². The molecule has 0 aromatic heterocycles. The molecule has 0 aliphatic rings. The zero-order valence-corrected chi connectivity index (χ0v) is 24.0. The molecule has 0 radical (unpaired) electrons. The van der Waals surface area contributed by atoms with Gasteiger partial charge in [0.2, 0.25) is 5.90 Å². The number of nitrogens with one attached hydrogen (secondary N) is 1. The highest BCUT2D eigenvalue weighted by molar-refractivity contribution is 7.97. The molecule has 1 N–H and O–H groups in total. The molecule has 0 unspecified atom stereocenters. The van der Waals surface area contributed by atoms with Crippen LogP contribution in [-0.2, 0) is 4.79 Å². The van der Waals surface area contributed by atoms with Gasteiger partial charge < -0.3 is 19.0 Å². The van der Waals surface area contributed by atoms with Crippen LogP contribution in [0.4, 0.5) is 11.4 Å². The molecular formula is C36H30N2O4S. The van der Waals surface area contributed by atoms with Gasteiger partial charge in [-0.15, -0.1) is 0 Å². The summed E-state index contributed by atoms with van der Waals surface area (Å²) in [6.45, 7) is 0. The van der Waals surface area contributed by atoms with E-state index in [1.807, 2.05) is 152 Å². The number of ether oxygens (including phenoxy) is 2. The number of carbonyl (C=O) groups excluding carboxylic acids is 1. The van der Waals surface area contributed by atoms with Gasteiger partial charge in [-0.2, -0.15) is 0 Å². The van der Waals surface area contributed by atoms with Crippen LogP contribution in [0.3, 0.4) is 0 Å². The van der Waals surface area contributed by atoms with Gasteiger partial charge in [-0.1, -0.05) is 91.0 Å². The summed E-state index contributed by atoms with van der Waals surface area (Å²) in [4.78, 5) is 16.1. The SMILES string of the molecule is C(=C\C(=Nc1ccccc1)Oc1ccccc1)/SOc1ccccc1.O=C(/C=C\Oc1ccccc1)Nc1ccccc1. The van der Waals surface area contributed by atoms with Gasteiger partial charge in [0.1, 0.15) is 17.2 Å². The van der Waals surface area contributed by atoms with E-state index in [0.717, 1.165) is 22.9 Å². The van der Waals surface area contributed by atoms with Crippen LogP contribution in [0.1, 0.15) is 0 Å². The van der Waals surface area contributed by atoms with Crippen molar-refractivity contribution in [3.05, 3.63) is 175 Å². The topological polar surface area (TPSA) is 69.2 Å². The molecule has 5 rings (SSSR count). The quantitative estimate of drug-likeness (QED) is 0.0581. The fourth-order valence-electron chi connectivity index (χ4n) is 3.36. The van der Waals surface area contributed by atoms with E-state index in [9.17, 15) is 4.79 Å². The van der Waals surface area contributed by atoms with E-state index in [0.29, 0.717) is 11.6 Å². The Bertz CT molecular complexity index is 1580. The molecule has 214 valence electrons. The molecule has 0 spiro atoms. The maximum atomic E-state index is 11.5. The van der Waals surface area contributed by atoms with Crippen molar-refractivity contribution in [3.63, 3.8) is 0 Å². The number of hydrogen-bond acceptors (Lipinski definition) is 6. The number of para-hydroxylation sites is 5. The molecule has 7 heteroatoms. The molecular weight excluding hydrogens is 556 g/mol. The Morgan fingerprint density at radius 1 is 0.605 bits per heavy atom. The normalized spacial score (nSPS) is 10.9. The minimum atomic E-state index is -0.225. The van der Waals surface area contributed by atoms with Crippen LogP contribution in [0.2, 0.25) is 0 Å². The van der Waals surface area contributed by atoms with Crippen molar-refractivity contribution in [2.24, 2.45) is 4.99 Å². The molecule has 0 fully saturated rings. The number of benzene rings is 5. The molecule has 0 heterocycles. The average Bonchev–Trinajstić information content (AvgIpc) is 3.06. The zero-order valence-electron chi connectivity index (χ0n) is 23.2. The van der Waals surface area contributed by atoms with E-state index in [-0.39, 0.29) is 5.91 Å². The Morgan fingerprint density at radius 3 is 1.72 bits per heavy atom. The maximum Gasteiger partial charge on any atom is 0.251 e. The van der Waals surface area contributed by atoms with Crippen LogP contribution >= 0.6 is 12.0 Å². The minimum Gasteiger partial charge on any atom is -0.465 e. The van der Waals surface area contributed by atoms with Crippen LogP contribution in [0, 0.1) is 0 Å². The molecule has 0 atom stereocenters.